The molecule has 0 aliphatic heterocycles. The highest BCUT2D eigenvalue weighted by Gasteiger charge is 2.06. The van der Waals surface area contributed by atoms with Crippen molar-refractivity contribution in [1.29, 1.82) is 0 Å². The predicted molar refractivity (Wildman–Crippen MR) is 110 cm³/mol. The number of thiocarbonyl (C=S) groups is 1. The molecule has 3 N–H and O–H groups in total. The van der Waals surface area contributed by atoms with Crippen molar-refractivity contribution < 1.29 is 4.79 Å². The lowest BCUT2D eigenvalue weighted by Gasteiger charge is -2.12. The van der Waals surface area contributed by atoms with E-state index in [4.69, 9.17) is 12.2 Å². The minimum atomic E-state index is -0.218. The Hall–Kier alpha value is -2.92. The first-order valence-corrected chi connectivity index (χ1v) is 9.00. The molecule has 0 saturated heterocycles. The van der Waals surface area contributed by atoms with Crippen molar-refractivity contribution in [2.45, 2.75) is 12.8 Å². The van der Waals surface area contributed by atoms with Crippen LogP contribution >= 0.6 is 12.2 Å². The minimum Gasteiger partial charge on any atom is -0.361 e. The van der Waals surface area contributed by atoms with Gasteiger partial charge in [0.2, 0.25) is 0 Å². The predicted octanol–water partition coefficient (Wildman–Crippen LogP) is 3.58. The third kappa shape index (κ3) is 5.04. The first-order chi connectivity index (χ1) is 12.7. The van der Waals surface area contributed by atoms with E-state index in [-0.39, 0.29) is 5.91 Å². The Kier molecular flexibility index (Phi) is 6.17. The second kappa shape index (κ2) is 8.97. The molecule has 0 unspecified atom stereocenters. The van der Waals surface area contributed by atoms with Crippen LogP contribution in [0.25, 0.3) is 10.8 Å². The van der Waals surface area contributed by atoms with Gasteiger partial charge in [0.25, 0.3) is 5.91 Å². The molecule has 3 rings (SSSR count). The third-order valence-corrected chi connectivity index (χ3v) is 4.32. The molecule has 0 bridgehead atoms. The van der Waals surface area contributed by atoms with E-state index in [1.165, 1.54) is 5.56 Å². The Bertz CT molecular complexity index is 896. The maximum absolute atomic E-state index is 12.2. The van der Waals surface area contributed by atoms with Crippen LogP contribution in [-0.4, -0.2) is 17.6 Å². The fourth-order valence-electron chi connectivity index (χ4n) is 2.70. The zero-order valence-corrected chi connectivity index (χ0v) is 15.2. The number of benzene rings is 3. The highest BCUT2D eigenvalue weighted by Crippen LogP contribution is 2.15. The fraction of sp³-hybridized carbons (Fsp3) is 0.143. The highest BCUT2D eigenvalue weighted by atomic mass is 32.1. The van der Waals surface area contributed by atoms with Gasteiger partial charge in [0.1, 0.15) is 0 Å². The molecule has 1 amide bonds. The fourth-order valence-corrected chi connectivity index (χ4v) is 2.85. The first kappa shape index (κ1) is 17.9. The summed E-state index contributed by atoms with van der Waals surface area (Å²) in [6.07, 6.45) is 1.95. The molecular weight excluding hydrogens is 342 g/mol. The van der Waals surface area contributed by atoms with Gasteiger partial charge in [0.15, 0.2) is 5.11 Å². The summed E-state index contributed by atoms with van der Waals surface area (Å²) >= 11 is 5.19. The number of carbonyl (C=O) groups excluding carboxylic acids is 1. The van der Waals surface area contributed by atoms with Crippen LogP contribution < -0.4 is 16.2 Å². The van der Waals surface area contributed by atoms with Gasteiger partial charge in [-0.15, -0.1) is 0 Å². The summed E-state index contributed by atoms with van der Waals surface area (Å²) in [5.41, 5.74) is 7.27. The van der Waals surface area contributed by atoms with E-state index in [9.17, 15) is 4.79 Å². The quantitative estimate of drug-likeness (QED) is 0.368. The van der Waals surface area contributed by atoms with Crippen molar-refractivity contribution in [2.24, 2.45) is 0 Å². The van der Waals surface area contributed by atoms with Crippen LogP contribution in [-0.2, 0) is 6.42 Å². The summed E-state index contributed by atoms with van der Waals surface area (Å²) in [5.74, 6) is -0.218. The lowest BCUT2D eigenvalue weighted by molar-refractivity contribution is 0.0944. The summed E-state index contributed by atoms with van der Waals surface area (Å²) in [7, 11) is 0. The van der Waals surface area contributed by atoms with Gasteiger partial charge in [-0.3, -0.25) is 15.6 Å². The number of rotatable bonds is 5. The number of fused-ring (bicyclic) bond motifs is 1. The molecule has 0 radical (unpaired) electrons. The van der Waals surface area contributed by atoms with Crippen LogP contribution in [0.1, 0.15) is 22.3 Å². The van der Waals surface area contributed by atoms with Crippen molar-refractivity contribution in [1.82, 2.24) is 16.2 Å². The molecule has 0 heterocycles. The maximum Gasteiger partial charge on any atom is 0.269 e. The number of hydrogen-bond acceptors (Lipinski definition) is 2. The van der Waals surface area contributed by atoms with Crippen molar-refractivity contribution in [3.63, 3.8) is 0 Å². The number of amides is 1. The van der Waals surface area contributed by atoms with E-state index >= 15 is 0 Å². The number of carbonyl (C=O) groups is 1. The van der Waals surface area contributed by atoms with Crippen molar-refractivity contribution in [3.8, 4) is 0 Å². The van der Waals surface area contributed by atoms with Gasteiger partial charge in [-0.25, -0.2) is 0 Å². The lowest BCUT2D eigenvalue weighted by Crippen LogP contribution is -2.47. The number of hydrazine groups is 1. The SMILES string of the molecule is O=C(NNC(=S)NCCCc1ccccc1)c1ccc2ccccc2c1. The molecule has 0 aromatic heterocycles. The monoisotopic (exact) mass is 363 g/mol. The Morgan fingerprint density at radius 2 is 1.58 bits per heavy atom. The van der Waals surface area contributed by atoms with Crippen molar-refractivity contribution in [3.05, 3.63) is 83.9 Å². The van der Waals surface area contributed by atoms with Crippen LogP contribution in [0.5, 0.6) is 0 Å². The lowest BCUT2D eigenvalue weighted by atomic mass is 10.1. The molecule has 3 aromatic rings. The molecule has 4 nitrogen and oxygen atoms in total. The average molecular weight is 363 g/mol. The Morgan fingerprint density at radius 3 is 2.38 bits per heavy atom. The normalized spacial score (nSPS) is 10.3. The third-order valence-electron chi connectivity index (χ3n) is 4.07. The van der Waals surface area contributed by atoms with Gasteiger partial charge in [0, 0.05) is 12.1 Å². The van der Waals surface area contributed by atoms with E-state index in [1.807, 2.05) is 54.6 Å². The topological polar surface area (TPSA) is 53.2 Å². The largest absolute Gasteiger partial charge is 0.361 e. The molecule has 5 heteroatoms. The molecule has 132 valence electrons. The van der Waals surface area contributed by atoms with Gasteiger partial charge in [-0.2, -0.15) is 0 Å². The summed E-state index contributed by atoms with van der Waals surface area (Å²) in [4.78, 5) is 12.2. The molecule has 0 fully saturated rings. The second-order valence-electron chi connectivity index (χ2n) is 5.99. The molecule has 0 aliphatic rings. The van der Waals surface area contributed by atoms with Crippen LogP contribution in [0.15, 0.2) is 72.8 Å². The molecular formula is C21H21N3OS. The average Bonchev–Trinajstić information content (AvgIpc) is 2.70. The zero-order valence-electron chi connectivity index (χ0n) is 14.4. The van der Waals surface area contributed by atoms with Crippen LogP contribution in [0, 0.1) is 0 Å². The van der Waals surface area contributed by atoms with Crippen LogP contribution in [0.3, 0.4) is 0 Å². The summed E-state index contributed by atoms with van der Waals surface area (Å²) in [5, 5.41) is 5.64. The Morgan fingerprint density at radius 1 is 0.846 bits per heavy atom. The Labute approximate surface area is 158 Å². The standard InChI is InChI=1S/C21H21N3OS/c25-20(19-13-12-17-10-4-5-11-18(17)15-19)23-24-21(26)22-14-6-9-16-7-2-1-3-8-16/h1-5,7-8,10-13,15H,6,9,14H2,(H,23,25)(H2,22,24,26). The molecule has 0 spiro atoms. The van der Waals surface area contributed by atoms with Crippen molar-refractivity contribution in [2.75, 3.05) is 6.54 Å². The number of nitrogens with one attached hydrogen (secondary N) is 3. The van der Waals surface area contributed by atoms with Gasteiger partial charge in [0.05, 0.1) is 0 Å². The summed E-state index contributed by atoms with van der Waals surface area (Å²) in [6.45, 7) is 0.743. The maximum atomic E-state index is 12.2. The van der Waals surface area contributed by atoms with Gasteiger partial charge in [-0.1, -0.05) is 60.7 Å². The molecule has 0 saturated carbocycles. The molecule has 0 aliphatic carbocycles. The Balaban J connectivity index is 1.41. The van der Waals surface area contributed by atoms with Crippen molar-refractivity contribution >= 4 is 34.0 Å². The van der Waals surface area contributed by atoms with Gasteiger partial charge in [-0.05, 0) is 53.5 Å². The van der Waals surface area contributed by atoms with Gasteiger partial charge < -0.3 is 5.32 Å². The molecule has 0 atom stereocenters. The van der Waals surface area contributed by atoms with E-state index in [1.54, 1.807) is 6.07 Å². The van der Waals surface area contributed by atoms with E-state index in [2.05, 4.69) is 28.3 Å². The number of hydrogen-bond donors (Lipinski definition) is 3. The summed E-state index contributed by atoms with van der Waals surface area (Å²) in [6, 6.07) is 23.8. The van der Waals surface area contributed by atoms with Crippen LogP contribution in [0.2, 0.25) is 0 Å². The zero-order chi connectivity index (χ0) is 18.2. The minimum absolute atomic E-state index is 0.218. The van der Waals surface area contributed by atoms with Gasteiger partial charge >= 0.3 is 0 Å². The van der Waals surface area contributed by atoms with Crippen LogP contribution in [0.4, 0.5) is 0 Å². The first-order valence-electron chi connectivity index (χ1n) is 8.59. The summed E-state index contributed by atoms with van der Waals surface area (Å²) < 4.78 is 0. The molecule has 3 aromatic carbocycles. The number of aryl methyl sites for hydroxylation is 1. The van der Waals surface area contributed by atoms with E-state index in [0.717, 1.165) is 30.2 Å². The molecule has 26 heavy (non-hydrogen) atoms. The second-order valence-corrected chi connectivity index (χ2v) is 6.39. The highest BCUT2D eigenvalue weighted by molar-refractivity contribution is 7.80. The van der Waals surface area contributed by atoms with E-state index < -0.39 is 0 Å². The van der Waals surface area contributed by atoms with E-state index in [0.29, 0.717) is 10.7 Å². The smallest absolute Gasteiger partial charge is 0.269 e.